The van der Waals surface area contributed by atoms with E-state index in [1.807, 2.05) is 16.7 Å². The molecule has 3 aromatic rings. The van der Waals surface area contributed by atoms with Crippen molar-refractivity contribution in [1.29, 1.82) is 0 Å². The number of nitrogens with one attached hydrogen (secondary N) is 1. The summed E-state index contributed by atoms with van der Waals surface area (Å²) in [6.45, 7) is 4.55. The smallest absolute Gasteiger partial charge is 0.335 e. The second kappa shape index (κ2) is 9.87. The van der Waals surface area contributed by atoms with Crippen LogP contribution >= 0.6 is 23.2 Å². The van der Waals surface area contributed by atoms with Gasteiger partial charge in [0, 0.05) is 27.5 Å². The first-order valence-electron chi connectivity index (χ1n) is 10.9. The number of hydrogen-bond donors (Lipinski definition) is 1. The van der Waals surface area contributed by atoms with Gasteiger partial charge < -0.3 is 4.57 Å². The van der Waals surface area contributed by atoms with Crippen LogP contribution in [0.2, 0.25) is 10.0 Å². The molecule has 1 aliphatic heterocycles. The summed E-state index contributed by atoms with van der Waals surface area (Å²) in [4.78, 5) is 39.3. The SMILES string of the molecule is CC[C@H](C)c1ccc(N2C(=O)NC(=O)/C(=C/c3cccn3Cc3c(Cl)cccc3Cl)C2=O)cc1. The Kier molecular flexibility index (Phi) is 6.91. The van der Waals surface area contributed by atoms with Gasteiger partial charge in [-0.1, -0.05) is 55.2 Å². The summed E-state index contributed by atoms with van der Waals surface area (Å²) in [5, 5.41) is 3.30. The Morgan fingerprint density at radius 1 is 0.971 bits per heavy atom. The van der Waals surface area contributed by atoms with Gasteiger partial charge in [0.05, 0.1) is 12.2 Å². The highest BCUT2D eigenvalue weighted by molar-refractivity contribution is 6.39. The molecule has 174 valence electrons. The van der Waals surface area contributed by atoms with E-state index in [4.69, 9.17) is 23.2 Å². The van der Waals surface area contributed by atoms with Crippen LogP contribution in [-0.4, -0.2) is 22.4 Å². The van der Waals surface area contributed by atoms with Crippen LogP contribution in [0.1, 0.15) is 43.0 Å². The third-order valence-electron chi connectivity index (χ3n) is 5.98. The molecule has 8 heteroatoms. The van der Waals surface area contributed by atoms with E-state index in [1.54, 1.807) is 48.7 Å². The first-order chi connectivity index (χ1) is 16.3. The molecular formula is C26H23Cl2N3O3. The fourth-order valence-corrected chi connectivity index (χ4v) is 4.30. The van der Waals surface area contributed by atoms with Crippen molar-refractivity contribution in [1.82, 2.24) is 9.88 Å². The van der Waals surface area contributed by atoms with E-state index < -0.39 is 17.8 Å². The molecule has 34 heavy (non-hydrogen) atoms. The molecule has 1 atom stereocenters. The van der Waals surface area contributed by atoms with Crippen LogP contribution in [0, 0.1) is 0 Å². The lowest BCUT2D eigenvalue weighted by Crippen LogP contribution is -2.54. The molecular weight excluding hydrogens is 473 g/mol. The Morgan fingerprint density at radius 3 is 2.29 bits per heavy atom. The van der Waals surface area contributed by atoms with Gasteiger partial charge in [0.25, 0.3) is 11.8 Å². The quantitative estimate of drug-likeness (QED) is 0.335. The summed E-state index contributed by atoms with van der Waals surface area (Å²) in [6.07, 6.45) is 4.24. The van der Waals surface area contributed by atoms with Gasteiger partial charge in [-0.15, -0.1) is 0 Å². The van der Waals surface area contributed by atoms with Gasteiger partial charge in [-0.2, -0.15) is 0 Å². The average Bonchev–Trinajstić information content (AvgIpc) is 3.25. The van der Waals surface area contributed by atoms with Crippen molar-refractivity contribution in [3.05, 3.63) is 93.2 Å². The van der Waals surface area contributed by atoms with Crippen LogP contribution < -0.4 is 10.2 Å². The number of carbonyl (C=O) groups excluding carboxylic acids is 3. The number of urea groups is 1. The summed E-state index contributed by atoms with van der Waals surface area (Å²) < 4.78 is 1.82. The van der Waals surface area contributed by atoms with E-state index in [9.17, 15) is 14.4 Å². The molecule has 0 unspecified atom stereocenters. The van der Waals surface area contributed by atoms with E-state index in [1.165, 1.54) is 6.08 Å². The van der Waals surface area contributed by atoms with Crippen molar-refractivity contribution in [2.45, 2.75) is 32.7 Å². The second-order valence-corrected chi connectivity index (χ2v) is 8.93. The molecule has 1 saturated heterocycles. The van der Waals surface area contributed by atoms with Crippen LogP contribution in [0.15, 0.2) is 66.4 Å². The summed E-state index contributed by atoms with van der Waals surface area (Å²) in [7, 11) is 0. The van der Waals surface area contributed by atoms with Gasteiger partial charge in [-0.05, 0) is 60.4 Å². The predicted molar refractivity (Wildman–Crippen MR) is 134 cm³/mol. The minimum Gasteiger partial charge on any atom is -0.343 e. The normalized spacial score (nSPS) is 16.2. The standard InChI is InChI=1S/C26H23Cl2N3O3/c1-3-16(2)17-9-11-18(12-10-17)31-25(33)20(24(32)29-26(31)34)14-19-6-5-13-30(19)15-21-22(27)7-4-8-23(21)28/h4-14,16H,3,15H2,1-2H3,(H,29,32,34)/b20-14-/t16-/m0/s1. The number of imide groups is 2. The molecule has 2 aromatic carbocycles. The van der Waals surface area contributed by atoms with Crippen molar-refractivity contribution < 1.29 is 14.4 Å². The highest BCUT2D eigenvalue weighted by Gasteiger charge is 2.37. The molecule has 1 aliphatic rings. The van der Waals surface area contributed by atoms with Gasteiger partial charge in [0.2, 0.25) is 0 Å². The van der Waals surface area contributed by atoms with E-state index >= 15 is 0 Å². The van der Waals surface area contributed by atoms with Crippen LogP contribution in [0.3, 0.4) is 0 Å². The van der Waals surface area contributed by atoms with Crippen molar-refractivity contribution in [3.8, 4) is 0 Å². The zero-order chi connectivity index (χ0) is 24.4. The number of barbiturate groups is 1. The maximum absolute atomic E-state index is 13.3. The van der Waals surface area contributed by atoms with Gasteiger partial charge in [0.15, 0.2) is 0 Å². The number of halogens is 2. The number of carbonyl (C=O) groups is 3. The van der Waals surface area contributed by atoms with Crippen LogP contribution in [0.4, 0.5) is 10.5 Å². The van der Waals surface area contributed by atoms with E-state index in [0.29, 0.717) is 33.9 Å². The Morgan fingerprint density at radius 2 is 1.65 bits per heavy atom. The van der Waals surface area contributed by atoms with Gasteiger partial charge in [-0.3, -0.25) is 14.9 Å². The first-order valence-corrected chi connectivity index (χ1v) is 11.6. The number of aromatic nitrogens is 1. The van der Waals surface area contributed by atoms with Crippen LogP contribution in [0.5, 0.6) is 0 Å². The molecule has 1 aromatic heterocycles. The van der Waals surface area contributed by atoms with Crippen LogP contribution in [0.25, 0.3) is 6.08 Å². The number of amides is 4. The lowest BCUT2D eigenvalue weighted by Gasteiger charge is -2.26. The number of rotatable bonds is 6. The topological polar surface area (TPSA) is 71.4 Å². The summed E-state index contributed by atoms with van der Waals surface area (Å²) in [6, 6.07) is 15.3. The van der Waals surface area contributed by atoms with E-state index in [-0.39, 0.29) is 5.57 Å². The largest absolute Gasteiger partial charge is 0.343 e. The molecule has 1 fully saturated rings. The maximum atomic E-state index is 13.3. The number of benzene rings is 2. The molecule has 0 aliphatic carbocycles. The van der Waals surface area contributed by atoms with Gasteiger partial charge in [-0.25, -0.2) is 9.69 Å². The number of anilines is 1. The Hall–Kier alpha value is -3.35. The van der Waals surface area contributed by atoms with Crippen molar-refractivity contribution in [3.63, 3.8) is 0 Å². The minimum absolute atomic E-state index is 0.143. The predicted octanol–water partition coefficient (Wildman–Crippen LogP) is 6.02. The zero-order valence-corrected chi connectivity index (χ0v) is 20.2. The Balaban J connectivity index is 1.65. The Bertz CT molecular complexity index is 1270. The minimum atomic E-state index is -0.776. The average molecular weight is 496 g/mol. The monoisotopic (exact) mass is 495 g/mol. The third-order valence-corrected chi connectivity index (χ3v) is 6.69. The second-order valence-electron chi connectivity index (χ2n) is 8.12. The van der Waals surface area contributed by atoms with Crippen molar-refractivity contribution in [2.75, 3.05) is 4.90 Å². The first kappa shape index (κ1) is 23.8. The van der Waals surface area contributed by atoms with E-state index in [2.05, 4.69) is 19.2 Å². The fourth-order valence-electron chi connectivity index (χ4n) is 3.78. The molecule has 1 N–H and O–H groups in total. The molecule has 0 radical (unpaired) electrons. The van der Waals surface area contributed by atoms with Gasteiger partial charge >= 0.3 is 6.03 Å². The highest BCUT2D eigenvalue weighted by Crippen LogP contribution is 2.28. The van der Waals surface area contributed by atoms with Crippen molar-refractivity contribution in [2.24, 2.45) is 0 Å². The third kappa shape index (κ3) is 4.65. The van der Waals surface area contributed by atoms with Gasteiger partial charge in [0.1, 0.15) is 5.57 Å². The number of nitrogens with zero attached hydrogens (tertiary/aromatic N) is 2. The highest BCUT2D eigenvalue weighted by atomic mass is 35.5. The molecule has 6 nitrogen and oxygen atoms in total. The lowest BCUT2D eigenvalue weighted by molar-refractivity contribution is -0.122. The summed E-state index contributed by atoms with van der Waals surface area (Å²) in [5.74, 6) is -1.07. The zero-order valence-electron chi connectivity index (χ0n) is 18.7. The summed E-state index contributed by atoms with van der Waals surface area (Å²) in [5.41, 5.74) is 2.68. The number of hydrogen-bond acceptors (Lipinski definition) is 3. The molecule has 0 saturated carbocycles. The molecule has 4 amide bonds. The maximum Gasteiger partial charge on any atom is 0.335 e. The van der Waals surface area contributed by atoms with Crippen LogP contribution in [-0.2, 0) is 16.1 Å². The lowest BCUT2D eigenvalue weighted by atomic mass is 9.98. The van der Waals surface area contributed by atoms with Crippen molar-refractivity contribution >= 4 is 52.8 Å². The molecule has 0 bridgehead atoms. The summed E-state index contributed by atoms with van der Waals surface area (Å²) >= 11 is 12.6. The Labute approximate surface area is 207 Å². The molecule has 2 heterocycles. The van der Waals surface area contributed by atoms with E-state index in [0.717, 1.165) is 22.4 Å². The molecule has 4 rings (SSSR count). The fraction of sp³-hybridized carbons (Fsp3) is 0.192. The molecule has 0 spiro atoms.